The number of amides is 1. The van der Waals surface area contributed by atoms with Crippen molar-refractivity contribution in [2.75, 3.05) is 6.54 Å². The molecule has 18 heavy (non-hydrogen) atoms. The molecule has 0 radical (unpaired) electrons. The van der Waals surface area contributed by atoms with E-state index in [0.717, 1.165) is 37.0 Å². The summed E-state index contributed by atoms with van der Waals surface area (Å²) in [6.45, 7) is 0.369. The minimum absolute atomic E-state index is 0.122. The molecule has 0 aromatic carbocycles. The third-order valence-corrected chi connectivity index (χ3v) is 5.25. The van der Waals surface area contributed by atoms with E-state index in [0.29, 0.717) is 12.5 Å². The predicted molar refractivity (Wildman–Crippen MR) is 71.3 cm³/mol. The topological polar surface area (TPSA) is 49.3 Å². The van der Waals surface area contributed by atoms with Gasteiger partial charge in [-0.15, -0.1) is 11.3 Å². The Hall–Kier alpha value is -0.870. The van der Waals surface area contributed by atoms with Crippen LogP contribution in [0.3, 0.4) is 0 Å². The molecular weight excluding hydrogens is 246 g/mol. The van der Waals surface area contributed by atoms with Crippen LogP contribution in [0.25, 0.3) is 0 Å². The lowest BCUT2D eigenvalue weighted by Crippen LogP contribution is -2.45. The molecule has 2 fully saturated rings. The average molecular weight is 265 g/mol. The van der Waals surface area contributed by atoms with Gasteiger partial charge in [0.05, 0.1) is 6.54 Å². The molecule has 1 atom stereocenters. The van der Waals surface area contributed by atoms with E-state index in [9.17, 15) is 9.90 Å². The number of nitrogens with one attached hydrogen (secondary N) is 1. The highest BCUT2D eigenvalue weighted by Gasteiger charge is 2.46. The highest BCUT2D eigenvalue weighted by Crippen LogP contribution is 2.46. The molecule has 1 amide bonds. The smallest absolute Gasteiger partial charge is 0.223 e. The summed E-state index contributed by atoms with van der Waals surface area (Å²) < 4.78 is 0. The van der Waals surface area contributed by atoms with E-state index in [4.69, 9.17) is 0 Å². The van der Waals surface area contributed by atoms with E-state index in [1.54, 1.807) is 11.3 Å². The first-order chi connectivity index (χ1) is 8.70. The number of carbonyl (C=O) groups excluding carboxylic acids is 1. The van der Waals surface area contributed by atoms with Gasteiger partial charge in [0.2, 0.25) is 5.91 Å². The summed E-state index contributed by atoms with van der Waals surface area (Å²) in [5.41, 5.74) is -0.840. The van der Waals surface area contributed by atoms with Gasteiger partial charge in [0.25, 0.3) is 0 Å². The highest BCUT2D eigenvalue weighted by molar-refractivity contribution is 7.10. The molecule has 0 aliphatic heterocycles. The van der Waals surface area contributed by atoms with E-state index in [1.807, 2.05) is 17.5 Å². The van der Waals surface area contributed by atoms with Crippen LogP contribution in [0.4, 0.5) is 0 Å². The quantitative estimate of drug-likeness (QED) is 0.858. The zero-order valence-corrected chi connectivity index (χ0v) is 11.2. The molecule has 3 nitrogen and oxygen atoms in total. The zero-order valence-electron chi connectivity index (χ0n) is 10.4. The van der Waals surface area contributed by atoms with Crippen LogP contribution in [0.2, 0.25) is 0 Å². The molecule has 0 bridgehead atoms. The number of hydrogen-bond acceptors (Lipinski definition) is 3. The van der Waals surface area contributed by atoms with E-state index in [2.05, 4.69) is 5.32 Å². The second kappa shape index (κ2) is 4.67. The van der Waals surface area contributed by atoms with Crippen LogP contribution in [-0.2, 0) is 10.4 Å². The predicted octanol–water partition coefficient (Wildman–Crippen LogP) is 2.26. The van der Waals surface area contributed by atoms with Crippen LogP contribution in [-0.4, -0.2) is 17.6 Å². The first-order valence-corrected chi connectivity index (χ1v) is 7.62. The summed E-state index contributed by atoms with van der Waals surface area (Å²) >= 11 is 1.58. The van der Waals surface area contributed by atoms with Crippen molar-refractivity contribution in [3.63, 3.8) is 0 Å². The minimum Gasteiger partial charge on any atom is -0.382 e. The van der Waals surface area contributed by atoms with E-state index in [-0.39, 0.29) is 11.8 Å². The molecule has 3 rings (SSSR count). The maximum atomic E-state index is 11.9. The third-order valence-electron chi connectivity index (χ3n) is 4.21. The van der Waals surface area contributed by atoms with Crippen molar-refractivity contribution in [2.45, 2.75) is 37.7 Å². The van der Waals surface area contributed by atoms with E-state index >= 15 is 0 Å². The maximum absolute atomic E-state index is 11.9. The lowest BCUT2D eigenvalue weighted by Gasteiger charge is -2.30. The van der Waals surface area contributed by atoms with Gasteiger partial charge in [-0.25, -0.2) is 0 Å². The van der Waals surface area contributed by atoms with Crippen LogP contribution in [0.5, 0.6) is 0 Å². The number of hydrogen-bond donors (Lipinski definition) is 2. The van der Waals surface area contributed by atoms with Gasteiger partial charge < -0.3 is 10.4 Å². The molecule has 0 spiro atoms. The number of rotatable bonds is 5. The van der Waals surface area contributed by atoms with Crippen LogP contribution >= 0.6 is 11.3 Å². The highest BCUT2D eigenvalue weighted by atomic mass is 32.1. The summed E-state index contributed by atoms with van der Waals surface area (Å²) in [7, 11) is 0. The van der Waals surface area contributed by atoms with Gasteiger partial charge in [-0.2, -0.15) is 0 Å². The van der Waals surface area contributed by atoms with Gasteiger partial charge in [0.15, 0.2) is 0 Å². The first kappa shape index (κ1) is 12.2. The SMILES string of the molecule is O=C(NCC(O)(c1cccs1)C1CC1)C1CCC1. The van der Waals surface area contributed by atoms with Crippen molar-refractivity contribution in [1.29, 1.82) is 0 Å². The van der Waals surface area contributed by atoms with Gasteiger partial charge in [-0.1, -0.05) is 12.5 Å². The Morgan fingerprint density at radius 1 is 1.44 bits per heavy atom. The molecule has 1 heterocycles. The lowest BCUT2D eigenvalue weighted by atomic mass is 9.84. The third kappa shape index (κ3) is 2.19. The second-order valence-electron chi connectivity index (χ2n) is 5.52. The molecule has 2 N–H and O–H groups in total. The Bertz CT molecular complexity index is 423. The van der Waals surface area contributed by atoms with Crippen molar-refractivity contribution in [1.82, 2.24) is 5.32 Å². The maximum Gasteiger partial charge on any atom is 0.223 e. The van der Waals surface area contributed by atoms with Gasteiger partial charge in [0, 0.05) is 10.8 Å². The van der Waals surface area contributed by atoms with Crippen molar-refractivity contribution < 1.29 is 9.90 Å². The second-order valence-corrected chi connectivity index (χ2v) is 6.47. The molecule has 2 saturated carbocycles. The van der Waals surface area contributed by atoms with Gasteiger partial charge in [-0.3, -0.25) is 4.79 Å². The average Bonchev–Trinajstić information content (AvgIpc) is 3.00. The van der Waals surface area contributed by atoms with Crippen LogP contribution < -0.4 is 5.32 Å². The molecule has 1 unspecified atom stereocenters. The standard InChI is InChI=1S/C14H19NO2S/c16-13(10-3-1-4-10)15-9-14(17,11-6-7-11)12-5-2-8-18-12/h2,5,8,10-11,17H,1,3-4,6-7,9H2,(H,15,16). The summed E-state index contributed by atoms with van der Waals surface area (Å²) in [5, 5.41) is 15.8. The molecule has 1 aromatic heterocycles. The summed E-state index contributed by atoms with van der Waals surface area (Å²) in [6.07, 6.45) is 5.30. The van der Waals surface area contributed by atoms with Crippen LogP contribution in [0, 0.1) is 11.8 Å². The van der Waals surface area contributed by atoms with Crippen molar-refractivity contribution in [3.05, 3.63) is 22.4 Å². The summed E-state index contributed by atoms with van der Waals surface area (Å²) in [6, 6.07) is 3.93. The Morgan fingerprint density at radius 2 is 2.22 bits per heavy atom. The number of thiophene rings is 1. The molecule has 4 heteroatoms. The van der Waals surface area contributed by atoms with Crippen LogP contribution in [0.15, 0.2) is 17.5 Å². The molecule has 1 aromatic rings. The number of aliphatic hydroxyl groups is 1. The monoisotopic (exact) mass is 265 g/mol. The summed E-state index contributed by atoms with van der Waals surface area (Å²) in [5.74, 6) is 0.631. The fraction of sp³-hybridized carbons (Fsp3) is 0.643. The molecule has 2 aliphatic rings. The minimum atomic E-state index is -0.840. The van der Waals surface area contributed by atoms with Crippen molar-refractivity contribution in [3.8, 4) is 0 Å². The Labute approximate surface area is 111 Å². The van der Waals surface area contributed by atoms with E-state index < -0.39 is 5.60 Å². The molecule has 98 valence electrons. The van der Waals surface area contributed by atoms with Gasteiger partial charge in [-0.05, 0) is 43.0 Å². The normalized spacial score (nSPS) is 23.2. The fourth-order valence-electron chi connectivity index (χ4n) is 2.56. The Morgan fingerprint density at radius 3 is 2.72 bits per heavy atom. The zero-order chi connectivity index (χ0) is 12.6. The molecule has 2 aliphatic carbocycles. The van der Waals surface area contributed by atoms with Gasteiger partial charge >= 0.3 is 0 Å². The fourth-order valence-corrected chi connectivity index (χ4v) is 3.46. The Kier molecular flexibility index (Phi) is 3.16. The van der Waals surface area contributed by atoms with Crippen LogP contribution in [0.1, 0.15) is 37.0 Å². The van der Waals surface area contributed by atoms with Crippen molar-refractivity contribution >= 4 is 17.2 Å². The lowest BCUT2D eigenvalue weighted by molar-refractivity contribution is -0.129. The van der Waals surface area contributed by atoms with Crippen molar-refractivity contribution in [2.24, 2.45) is 11.8 Å². The largest absolute Gasteiger partial charge is 0.382 e. The summed E-state index contributed by atoms with van der Waals surface area (Å²) in [4.78, 5) is 12.9. The number of carbonyl (C=O) groups is 1. The molecule has 0 saturated heterocycles. The van der Waals surface area contributed by atoms with Gasteiger partial charge in [0.1, 0.15) is 5.60 Å². The first-order valence-electron chi connectivity index (χ1n) is 6.74. The Balaban J connectivity index is 1.65. The van der Waals surface area contributed by atoms with E-state index in [1.165, 1.54) is 0 Å². The molecular formula is C14H19NO2S.